The first-order valence-corrected chi connectivity index (χ1v) is 10.3. The Morgan fingerprint density at radius 3 is 2.33 bits per heavy atom. The summed E-state index contributed by atoms with van der Waals surface area (Å²) in [4.78, 5) is 29.8. The van der Waals surface area contributed by atoms with E-state index in [-0.39, 0.29) is 35.5 Å². The molecule has 0 aliphatic carbocycles. The summed E-state index contributed by atoms with van der Waals surface area (Å²) in [5, 5.41) is 4.28. The van der Waals surface area contributed by atoms with Gasteiger partial charge in [-0.25, -0.2) is 0 Å². The number of carbonyl (C=O) groups is 2. The monoisotopic (exact) mass is 391 g/mol. The molecule has 2 heterocycles. The molecule has 148 valence electrons. The van der Waals surface area contributed by atoms with E-state index in [1.807, 2.05) is 4.90 Å². The van der Waals surface area contributed by atoms with Crippen LogP contribution in [0.5, 0.6) is 0 Å². The van der Waals surface area contributed by atoms with E-state index in [9.17, 15) is 9.59 Å². The Balaban J connectivity index is 1.76. The van der Waals surface area contributed by atoms with Crippen molar-refractivity contribution in [3.63, 3.8) is 0 Å². The van der Waals surface area contributed by atoms with E-state index >= 15 is 0 Å². The van der Waals surface area contributed by atoms with Crippen molar-refractivity contribution in [2.75, 3.05) is 13.1 Å². The number of carbonyl (C=O) groups excluding carboxylic acids is 2. The number of benzene rings is 1. The normalized spacial score (nSPS) is 23.3. The summed E-state index contributed by atoms with van der Waals surface area (Å²) in [7, 11) is 0. The van der Waals surface area contributed by atoms with Gasteiger partial charge >= 0.3 is 0 Å². The van der Waals surface area contributed by atoms with Gasteiger partial charge in [0.15, 0.2) is 0 Å². The lowest BCUT2D eigenvalue weighted by Crippen LogP contribution is -2.61. The van der Waals surface area contributed by atoms with Crippen molar-refractivity contribution >= 4 is 23.4 Å². The van der Waals surface area contributed by atoms with Crippen LogP contribution in [0.3, 0.4) is 0 Å². The molecule has 2 atom stereocenters. The van der Waals surface area contributed by atoms with Gasteiger partial charge in [-0.3, -0.25) is 14.9 Å². The number of halogens is 1. The molecule has 0 saturated carbocycles. The van der Waals surface area contributed by atoms with Gasteiger partial charge in [0.2, 0.25) is 5.91 Å². The van der Waals surface area contributed by atoms with Crippen LogP contribution in [0.1, 0.15) is 57.3 Å². The lowest BCUT2D eigenvalue weighted by molar-refractivity contribution is -0.136. The fourth-order valence-corrected chi connectivity index (χ4v) is 4.42. The molecule has 2 amide bonds. The predicted octanol–water partition coefficient (Wildman–Crippen LogP) is 3.53. The van der Waals surface area contributed by atoms with Gasteiger partial charge in [-0.05, 0) is 43.5 Å². The summed E-state index contributed by atoms with van der Waals surface area (Å²) < 4.78 is 0. The number of nitrogens with one attached hydrogen (secondary N) is 1. The Hall–Kier alpha value is -1.59. The highest BCUT2D eigenvalue weighted by atomic mass is 35.5. The van der Waals surface area contributed by atoms with E-state index < -0.39 is 0 Å². The SMILES string of the molecule is CC[C@@H](C)N1C(=O)[C@H](C(C)C)NC12CCN(C(=O)c1ccc(Cl)cc1)CC2. The number of piperidine rings is 1. The first kappa shape index (κ1) is 20.2. The van der Waals surface area contributed by atoms with Crippen molar-refractivity contribution in [1.29, 1.82) is 0 Å². The van der Waals surface area contributed by atoms with Crippen molar-refractivity contribution in [1.82, 2.24) is 15.1 Å². The highest BCUT2D eigenvalue weighted by Gasteiger charge is 2.53. The largest absolute Gasteiger partial charge is 0.338 e. The van der Waals surface area contributed by atoms with Crippen LogP contribution in [0, 0.1) is 5.92 Å². The van der Waals surface area contributed by atoms with Crippen LogP contribution in [-0.2, 0) is 4.79 Å². The number of hydrogen-bond acceptors (Lipinski definition) is 3. The maximum atomic E-state index is 13.1. The summed E-state index contributed by atoms with van der Waals surface area (Å²) in [6, 6.07) is 7.08. The molecule has 0 unspecified atom stereocenters. The third kappa shape index (κ3) is 3.72. The summed E-state index contributed by atoms with van der Waals surface area (Å²) in [5.74, 6) is 0.482. The molecule has 1 aromatic carbocycles. The third-order valence-electron chi connectivity index (χ3n) is 6.06. The summed E-state index contributed by atoms with van der Waals surface area (Å²) in [6.45, 7) is 9.69. The van der Waals surface area contributed by atoms with Gasteiger partial charge < -0.3 is 9.80 Å². The molecule has 1 N–H and O–H groups in total. The molecule has 0 aromatic heterocycles. The second kappa shape index (κ2) is 7.80. The molecule has 3 rings (SSSR count). The topological polar surface area (TPSA) is 52.7 Å². The van der Waals surface area contributed by atoms with Gasteiger partial charge in [0.05, 0.1) is 11.7 Å². The average molecular weight is 392 g/mol. The Labute approximate surface area is 167 Å². The lowest BCUT2D eigenvalue weighted by Gasteiger charge is -2.46. The minimum absolute atomic E-state index is 0.0290. The summed E-state index contributed by atoms with van der Waals surface area (Å²) >= 11 is 5.93. The number of likely N-dealkylation sites (tertiary alicyclic amines) is 1. The number of nitrogens with zero attached hydrogens (tertiary/aromatic N) is 2. The Morgan fingerprint density at radius 1 is 1.22 bits per heavy atom. The van der Waals surface area contributed by atoms with Gasteiger partial charge in [-0.1, -0.05) is 32.4 Å². The van der Waals surface area contributed by atoms with Gasteiger partial charge in [0.1, 0.15) is 0 Å². The van der Waals surface area contributed by atoms with Crippen LogP contribution in [0.15, 0.2) is 24.3 Å². The van der Waals surface area contributed by atoms with Crippen LogP contribution < -0.4 is 5.32 Å². The van der Waals surface area contributed by atoms with Gasteiger partial charge in [-0.15, -0.1) is 0 Å². The minimum atomic E-state index is -0.335. The third-order valence-corrected chi connectivity index (χ3v) is 6.31. The predicted molar refractivity (Wildman–Crippen MR) is 108 cm³/mol. The zero-order valence-electron chi connectivity index (χ0n) is 16.7. The second-order valence-electron chi connectivity index (χ2n) is 8.16. The van der Waals surface area contributed by atoms with E-state index in [0.717, 1.165) is 19.3 Å². The van der Waals surface area contributed by atoms with Crippen LogP contribution >= 0.6 is 11.6 Å². The van der Waals surface area contributed by atoms with Crippen molar-refractivity contribution < 1.29 is 9.59 Å². The van der Waals surface area contributed by atoms with E-state index in [0.29, 0.717) is 23.7 Å². The van der Waals surface area contributed by atoms with E-state index in [4.69, 9.17) is 11.6 Å². The minimum Gasteiger partial charge on any atom is -0.338 e. The van der Waals surface area contributed by atoms with E-state index in [1.54, 1.807) is 24.3 Å². The highest BCUT2D eigenvalue weighted by molar-refractivity contribution is 6.30. The molecular formula is C21H30ClN3O2. The molecule has 0 bridgehead atoms. The molecule has 1 spiro atoms. The molecule has 2 aliphatic rings. The molecule has 6 heteroatoms. The van der Waals surface area contributed by atoms with Crippen LogP contribution in [0.2, 0.25) is 5.02 Å². The van der Waals surface area contributed by atoms with Crippen molar-refractivity contribution in [3.8, 4) is 0 Å². The van der Waals surface area contributed by atoms with Gasteiger partial charge in [-0.2, -0.15) is 0 Å². The van der Waals surface area contributed by atoms with Crippen LogP contribution in [-0.4, -0.2) is 52.5 Å². The average Bonchev–Trinajstić information content (AvgIpc) is 2.94. The summed E-state index contributed by atoms with van der Waals surface area (Å²) in [5.41, 5.74) is 0.322. The molecule has 0 radical (unpaired) electrons. The molecule has 2 aliphatic heterocycles. The maximum Gasteiger partial charge on any atom is 0.253 e. The molecule has 27 heavy (non-hydrogen) atoms. The lowest BCUT2D eigenvalue weighted by atomic mass is 9.93. The van der Waals surface area contributed by atoms with Crippen molar-refractivity contribution in [2.45, 2.75) is 64.7 Å². The number of hydrogen-bond donors (Lipinski definition) is 1. The zero-order chi connectivity index (χ0) is 19.8. The van der Waals surface area contributed by atoms with Crippen molar-refractivity contribution in [2.24, 2.45) is 5.92 Å². The second-order valence-corrected chi connectivity index (χ2v) is 8.60. The maximum absolute atomic E-state index is 13.1. The first-order chi connectivity index (χ1) is 12.8. The van der Waals surface area contributed by atoms with Crippen LogP contribution in [0.4, 0.5) is 0 Å². The summed E-state index contributed by atoms with van der Waals surface area (Å²) in [6.07, 6.45) is 2.44. The van der Waals surface area contributed by atoms with E-state index in [1.165, 1.54) is 0 Å². The Bertz CT molecular complexity index is 696. The molecule has 5 nitrogen and oxygen atoms in total. The van der Waals surface area contributed by atoms with E-state index in [2.05, 4.69) is 37.9 Å². The Morgan fingerprint density at radius 2 is 1.81 bits per heavy atom. The smallest absolute Gasteiger partial charge is 0.253 e. The van der Waals surface area contributed by atoms with Gasteiger partial charge in [0, 0.05) is 42.6 Å². The first-order valence-electron chi connectivity index (χ1n) is 9.95. The van der Waals surface area contributed by atoms with Gasteiger partial charge in [0.25, 0.3) is 5.91 Å². The fraction of sp³-hybridized carbons (Fsp3) is 0.619. The number of rotatable bonds is 4. The molecular weight excluding hydrogens is 362 g/mol. The quantitative estimate of drug-likeness (QED) is 0.854. The Kier molecular flexibility index (Phi) is 5.82. The highest BCUT2D eigenvalue weighted by Crippen LogP contribution is 2.36. The molecule has 2 saturated heterocycles. The standard InChI is InChI=1S/C21H30ClN3O2/c1-5-15(4)25-20(27)18(14(2)3)23-21(25)10-12-24(13-11-21)19(26)16-6-8-17(22)9-7-16/h6-9,14-15,18,23H,5,10-13H2,1-4H3/t15-,18+/m1/s1. The number of amides is 2. The van der Waals surface area contributed by atoms with Crippen LogP contribution in [0.25, 0.3) is 0 Å². The molecule has 2 fully saturated rings. The van der Waals surface area contributed by atoms with Crippen molar-refractivity contribution in [3.05, 3.63) is 34.9 Å². The zero-order valence-corrected chi connectivity index (χ0v) is 17.4. The fourth-order valence-electron chi connectivity index (χ4n) is 4.29. The molecule has 1 aromatic rings.